The highest BCUT2D eigenvalue weighted by atomic mass is 32.1. The van der Waals surface area contributed by atoms with Gasteiger partial charge in [-0.15, -0.1) is 11.3 Å². The fraction of sp³-hybridized carbons (Fsp3) is 0.400. The topological polar surface area (TPSA) is 45.6 Å². The molecule has 1 aromatic heterocycles. The van der Waals surface area contributed by atoms with Crippen molar-refractivity contribution >= 4 is 11.3 Å². The predicted molar refractivity (Wildman–Crippen MR) is 82.1 cm³/mol. The van der Waals surface area contributed by atoms with Crippen molar-refractivity contribution in [2.24, 2.45) is 0 Å². The lowest BCUT2D eigenvalue weighted by Gasteiger charge is -2.12. The summed E-state index contributed by atoms with van der Waals surface area (Å²) in [5.41, 5.74) is 2.14. The summed E-state index contributed by atoms with van der Waals surface area (Å²) in [4.78, 5) is 6.69. The van der Waals surface area contributed by atoms with Crippen LogP contribution in [-0.4, -0.2) is 41.8 Å². The Hall–Kier alpha value is -1.43. The summed E-state index contributed by atoms with van der Waals surface area (Å²) in [6, 6.07) is 8.01. The van der Waals surface area contributed by atoms with Crippen molar-refractivity contribution in [3.05, 3.63) is 35.3 Å². The lowest BCUT2D eigenvalue weighted by Crippen LogP contribution is -2.21. The molecule has 2 rings (SSSR count). The van der Waals surface area contributed by atoms with Crippen LogP contribution < -0.4 is 4.74 Å². The molecule has 4 nitrogen and oxygen atoms in total. The zero-order chi connectivity index (χ0) is 14.4. The van der Waals surface area contributed by atoms with Crippen molar-refractivity contribution in [2.45, 2.75) is 13.5 Å². The number of benzene rings is 1. The Kier molecular flexibility index (Phi) is 5.52. The monoisotopic (exact) mass is 292 g/mol. The molecule has 0 spiro atoms. The van der Waals surface area contributed by atoms with Gasteiger partial charge in [-0.05, 0) is 38.2 Å². The molecule has 1 aromatic carbocycles. The van der Waals surface area contributed by atoms with Gasteiger partial charge in [0.15, 0.2) is 0 Å². The molecule has 0 saturated heterocycles. The van der Waals surface area contributed by atoms with Gasteiger partial charge in [-0.3, -0.25) is 4.90 Å². The second-order valence-electron chi connectivity index (χ2n) is 4.56. The quantitative estimate of drug-likeness (QED) is 0.852. The summed E-state index contributed by atoms with van der Waals surface area (Å²) >= 11 is 1.64. The maximum Gasteiger partial charge on any atom is 0.123 e. The molecule has 2 aromatic rings. The third kappa shape index (κ3) is 4.03. The molecule has 0 unspecified atom stereocenters. The van der Waals surface area contributed by atoms with Gasteiger partial charge in [0.1, 0.15) is 10.8 Å². The molecule has 0 radical (unpaired) electrons. The summed E-state index contributed by atoms with van der Waals surface area (Å²) in [5, 5.41) is 12.0. The molecule has 0 aliphatic carbocycles. The number of thiazole rings is 1. The minimum atomic E-state index is 0.173. The number of likely N-dealkylation sites (N-methyl/N-ethyl adjacent to an activating group) is 1. The first-order valence-electron chi connectivity index (χ1n) is 6.70. The minimum Gasteiger partial charge on any atom is -0.494 e. The highest BCUT2D eigenvalue weighted by Crippen LogP contribution is 2.26. The van der Waals surface area contributed by atoms with Gasteiger partial charge in [-0.2, -0.15) is 0 Å². The van der Waals surface area contributed by atoms with Gasteiger partial charge in [0, 0.05) is 24.0 Å². The van der Waals surface area contributed by atoms with E-state index in [9.17, 15) is 0 Å². The molecule has 108 valence electrons. The van der Waals surface area contributed by atoms with Crippen molar-refractivity contribution in [2.75, 3.05) is 26.8 Å². The van der Waals surface area contributed by atoms with Crippen molar-refractivity contribution in [3.8, 4) is 16.3 Å². The van der Waals surface area contributed by atoms with Gasteiger partial charge in [0.05, 0.1) is 18.9 Å². The van der Waals surface area contributed by atoms with Crippen LogP contribution in [0.3, 0.4) is 0 Å². The Bertz CT molecular complexity index is 525. The van der Waals surface area contributed by atoms with E-state index >= 15 is 0 Å². The second kappa shape index (κ2) is 7.38. The number of ether oxygens (including phenoxy) is 1. The van der Waals surface area contributed by atoms with E-state index in [-0.39, 0.29) is 6.61 Å². The lowest BCUT2D eigenvalue weighted by atomic mass is 10.2. The normalized spacial score (nSPS) is 11.0. The van der Waals surface area contributed by atoms with Crippen molar-refractivity contribution < 1.29 is 9.84 Å². The molecule has 20 heavy (non-hydrogen) atoms. The van der Waals surface area contributed by atoms with E-state index in [1.807, 2.05) is 38.2 Å². The first-order valence-corrected chi connectivity index (χ1v) is 7.58. The van der Waals surface area contributed by atoms with Crippen LogP contribution in [0.4, 0.5) is 0 Å². The van der Waals surface area contributed by atoms with E-state index in [4.69, 9.17) is 9.84 Å². The summed E-state index contributed by atoms with van der Waals surface area (Å²) in [6.07, 6.45) is 0. The summed E-state index contributed by atoms with van der Waals surface area (Å²) in [7, 11) is 1.98. The Morgan fingerprint density at radius 2 is 2.05 bits per heavy atom. The Morgan fingerprint density at radius 3 is 2.70 bits per heavy atom. The molecule has 0 fully saturated rings. The second-order valence-corrected chi connectivity index (χ2v) is 5.42. The molecule has 1 N–H and O–H groups in total. The van der Waals surface area contributed by atoms with Crippen LogP contribution in [0.1, 0.15) is 12.6 Å². The number of hydrogen-bond acceptors (Lipinski definition) is 5. The van der Waals surface area contributed by atoms with E-state index in [2.05, 4.69) is 15.3 Å². The maximum absolute atomic E-state index is 8.90. The first kappa shape index (κ1) is 15.0. The van der Waals surface area contributed by atoms with Crippen LogP contribution in [-0.2, 0) is 6.54 Å². The number of aliphatic hydroxyl groups is 1. The number of rotatable bonds is 7. The van der Waals surface area contributed by atoms with Crippen molar-refractivity contribution in [3.63, 3.8) is 0 Å². The third-order valence-corrected chi connectivity index (χ3v) is 3.82. The van der Waals surface area contributed by atoms with Crippen LogP contribution in [0.25, 0.3) is 10.6 Å². The lowest BCUT2D eigenvalue weighted by molar-refractivity contribution is 0.216. The van der Waals surface area contributed by atoms with Crippen molar-refractivity contribution in [1.29, 1.82) is 0 Å². The van der Waals surface area contributed by atoms with Crippen molar-refractivity contribution in [1.82, 2.24) is 9.88 Å². The Morgan fingerprint density at radius 1 is 1.30 bits per heavy atom. The largest absolute Gasteiger partial charge is 0.494 e. The Balaban J connectivity index is 2.04. The highest BCUT2D eigenvalue weighted by Gasteiger charge is 2.07. The molecule has 0 amide bonds. The van der Waals surface area contributed by atoms with Gasteiger partial charge in [-0.25, -0.2) is 4.98 Å². The van der Waals surface area contributed by atoms with E-state index in [1.54, 1.807) is 11.3 Å². The van der Waals surface area contributed by atoms with Crippen LogP contribution in [0.5, 0.6) is 5.75 Å². The van der Waals surface area contributed by atoms with E-state index in [0.717, 1.165) is 28.6 Å². The smallest absolute Gasteiger partial charge is 0.123 e. The van der Waals surface area contributed by atoms with E-state index in [1.165, 1.54) is 0 Å². The molecule has 1 heterocycles. The average molecular weight is 292 g/mol. The van der Waals surface area contributed by atoms with Gasteiger partial charge < -0.3 is 9.84 Å². The summed E-state index contributed by atoms with van der Waals surface area (Å²) in [5.74, 6) is 0.885. The summed E-state index contributed by atoms with van der Waals surface area (Å²) in [6.45, 7) is 4.25. The molecule has 0 atom stereocenters. The standard InChI is InChI=1S/C15H20N2O2S/c1-3-19-14-6-4-12(5-7-14)15-16-13(11-20-15)10-17(2)8-9-18/h4-7,11,18H,3,8-10H2,1-2H3. The number of aromatic nitrogens is 1. The van der Waals surface area contributed by atoms with Gasteiger partial charge in [-0.1, -0.05) is 0 Å². The van der Waals surface area contributed by atoms with Gasteiger partial charge in [0.2, 0.25) is 0 Å². The average Bonchev–Trinajstić information content (AvgIpc) is 2.88. The first-order chi connectivity index (χ1) is 9.72. The molecular weight excluding hydrogens is 272 g/mol. The molecule has 0 saturated carbocycles. The highest BCUT2D eigenvalue weighted by molar-refractivity contribution is 7.13. The molecule has 0 bridgehead atoms. The number of hydrogen-bond donors (Lipinski definition) is 1. The predicted octanol–water partition coefficient (Wildman–Crippen LogP) is 2.63. The van der Waals surface area contributed by atoms with E-state index < -0.39 is 0 Å². The fourth-order valence-corrected chi connectivity index (χ4v) is 2.72. The van der Waals surface area contributed by atoms with Crippen LogP contribution in [0.2, 0.25) is 0 Å². The van der Waals surface area contributed by atoms with Gasteiger partial charge >= 0.3 is 0 Å². The summed E-state index contributed by atoms with van der Waals surface area (Å²) < 4.78 is 5.43. The molecule has 5 heteroatoms. The van der Waals surface area contributed by atoms with Crippen LogP contribution in [0, 0.1) is 0 Å². The minimum absolute atomic E-state index is 0.173. The van der Waals surface area contributed by atoms with Crippen LogP contribution >= 0.6 is 11.3 Å². The molecule has 0 aliphatic heterocycles. The molecular formula is C15H20N2O2S. The Labute approximate surface area is 123 Å². The maximum atomic E-state index is 8.90. The van der Waals surface area contributed by atoms with Gasteiger partial charge in [0.25, 0.3) is 0 Å². The van der Waals surface area contributed by atoms with Crippen LogP contribution in [0.15, 0.2) is 29.6 Å². The zero-order valence-electron chi connectivity index (χ0n) is 11.9. The SMILES string of the molecule is CCOc1ccc(-c2nc(CN(C)CCO)cs2)cc1. The van der Waals surface area contributed by atoms with E-state index in [0.29, 0.717) is 13.2 Å². The number of aliphatic hydroxyl groups excluding tert-OH is 1. The third-order valence-electron chi connectivity index (χ3n) is 2.88. The zero-order valence-corrected chi connectivity index (χ0v) is 12.7. The fourth-order valence-electron chi connectivity index (χ4n) is 1.90. The molecule has 0 aliphatic rings. The number of nitrogens with zero attached hydrogens (tertiary/aromatic N) is 2.